The van der Waals surface area contributed by atoms with Crippen LogP contribution in [0.4, 0.5) is 0 Å². The van der Waals surface area contributed by atoms with Crippen molar-refractivity contribution in [2.24, 2.45) is 0 Å². The number of carbonyl (C=O) groups is 3. The summed E-state index contributed by atoms with van der Waals surface area (Å²) < 4.78 is 5.09. The number of aliphatic carboxylic acids is 1. The molecule has 24 heavy (non-hydrogen) atoms. The number of hydrogen-bond donors (Lipinski definition) is 2. The number of carbonyl (C=O) groups excluding carboxylic acids is 3. The van der Waals surface area contributed by atoms with Crippen LogP contribution >= 0.6 is 11.6 Å². The summed E-state index contributed by atoms with van der Waals surface area (Å²) >= 11 is 5.94. The van der Waals surface area contributed by atoms with E-state index in [4.69, 9.17) is 16.0 Å². The lowest BCUT2D eigenvalue weighted by Crippen LogP contribution is -2.41. The van der Waals surface area contributed by atoms with Crippen molar-refractivity contribution in [1.29, 1.82) is 0 Å². The van der Waals surface area contributed by atoms with Gasteiger partial charge in [-0.1, -0.05) is 23.7 Å². The Kier molecular flexibility index (Phi) is 5.75. The minimum absolute atomic E-state index is 0.164. The van der Waals surface area contributed by atoms with Crippen LogP contribution in [0.2, 0.25) is 5.02 Å². The lowest BCUT2D eigenvalue weighted by atomic mass is 10.2. The van der Waals surface area contributed by atoms with Gasteiger partial charge in [-0.15, -0.1) is 0 Å². The maximum Gasteiger partial charge on any atom is 0.268 e. The van der Waals surface area contributed by atoms with Gasteiger partial charge in [0.1, 0.15) is 11.5 Å². The van der Waals surface area contributed by atoms with E-state index in [1.807, 2.05) is 0 Å². The molecule has 0 aliphatic carbocycles. The van der Waals surface area contributed by atoms with Crippen molar-refractivity contribution in [2.45, 2.75) is 0 Å². The van der Waals surface area contributed by atoms with Crippen molar-refractivity contribution < 1.29 is 23.9 Å². The molecule has 0 radical (unpaired) electrons. The second kappa shape index (κ2) is 7.98. The van der Waals surface area contributed by atoms with Crippen molar-refractivity contribution in [3.8, 4) is 0 Å². The Labute approximate surface area is 141 Å². The number of amides is 2. The van der Waals surface area contributed by atoms with E-state index < -0.39 is 24.3 Å². The van der Waals surface area contributed by atoms with E-state index in [0.717, 1.165) is 0 Å². The number of hydrogen-bond acceptors (Lipinski definition) is 5. The molecule has 0 bridgehead atoms. The van der Waals surface area contributed by atoms with E-state index >= 15 is 0 Å². The molecule has 2 amide bonds. The van der Waals surface area contributed by atoms with Gasteiger partial charge in [-0.3, -0.25) is 9.59 Å². The average molecular weight is 348 g/mol. The summed E-state index contributed by atoms with van der Waals surface area (Å²) in [6, 6.07) is 9.45. The zero-order valence-corrected chi connectivity index (χ0v) is 13.0. The molecule has 0 aliphatic heterocycles. The molecule has 8 heteroatoms. The van der Waals surface area contributed by atoms with Gasteiger partial charge < -0.3 is 25.0 Å². The second-order valence-corrected chi connectivity index (χ2v) is 4.97. The first-order valence-electron chi connectivity index (χ1n) is 6.76. The molecule has 1 aromatic carbocycles. The number of halogens is 1. The molecule has 0 unspecified atom stereocenters. The number of furan rings is 1. The van der Waals surface area contributed by atoms with Crippen molar-refractivity contribution in [3.05, 3.63) is 64.7 Å². The van der Waals surface area contributed by atoms with Gasteiger partial charge in [0.05, 0.1) is 29.4 Å². The maximum atomic E-state index is 12.3. The summed E-state index contributed by atoms with van der Waals surface area (Å²) in [7, 11) is 0. The van der Waals surface area contributed by atoms with Crippen LogP contribution in [0.1, 0.15) is 16.1 Å². The minimum Gasteiger partial charge on any atom is -0.548 e. The quantitative estimate of drug-likeness (QED) is 0.742. The molecule has 7 nitrogen and oxygen atoms in total. The molecule has 1 heterocycles. The predicted octanol–water partition coefficient (Wildman–Crippen LogP) is 0.570. The molecule has 124 valence electrons. The highest BCUT2D eigenvalue weighted by atomic mass is 35.5. The molecular formula is C16H12ClN2O5-. The average Bonchev–Trinajstić information content (AvgIpc) is 3.05. The van der Waals surface area contributed by atoms with Gasteiger partial charge in [0.2, 0.25) is 0 Å². The highest BCUT2D eigenvalue weighted by Gasteiger charge is 2.16. The molecular weight excluding hydrogens is 336 g/mol. The Morgan fingerprint density at radius 2 is 1.92 bits per heavy atom. The van der Waals surface area contributed by atoms with E-state index in [0.29, 0.717) is 5.76 Å². The zero-order chi connectivity index (χ0) is 17.5. The van der Waals surface area contributed by atoms with Crippen molar-refractivity contribution in [1.82, 2.24) is 10.6 Å². The number of carboxylic acids is 1. The fraction of sp³-hybridized carbons (Fsp3) is 0.0625. The lowest BCUT2D eigenvalue weighted by molar-refractivity contribution is -0.303. The van der Waals surface area contributed by atoms with E-state index in [9.17, 15) is 19.5 Å². The number of rotatable bonds is 6. The molecule has 0 aliphatic rings. The van der Waals surface area contributed by atoms with Crippen LogP contribution in [0.15, 0.2) is 52.8 Å². The van der Waals surface area contributed by atoms with E-state index in [1.54, 1.807) is 24.3 Å². The molecule has 0 spiro atoms. The summed E-state index contributed by atoms with van der Waals surface area (Å²) in [5.41, 5.74) is -0.0340. The van der Waals surface area contributed by atoms with E-state index in [-0.39, 0.29) is 16.3 Å². The van der Waals surface area contributed by atoms with E-state index in [2.05, 4.69) is 10.6 Å². The Bertz CT molecular complexity index is 784. The van der Waals surface area contributed by atoms with Crippen molar-refractivity contribution in [2.75, 3.05) is 6.54 Å². The zero-order valence-electron chi connectivity index (χ0n) is 12.2. The first-order valence-corrected chi connectivity index (χ1v) is 7.14. The van der Waals surface area contributed by atoms with Crippen LogP contribution in [0, 0.1) is 0 Å². The van der Waals surface area contributed by atoms with Crippen LogP contribution in [0.25, 0.3) is 6.08 Å². The van der Waals surface area contributed by atoms with Gasteiger partial charge in [0, 0.05) is 6.08 Å². The van der Waals surface area contributed by atoms with Crippen molar-refractivity contribution in [3.63, 3.8) is 0 Å². The summed E-state index contributed by atoms with van der Waals surface area (Å²) in [6.45, 7) is -0.698. The van der Waals surface area contributed by atoms with Gasteiger partial charge in [-0.05, 0) is 24.3 Å². The predicted molar refractivity (Wildman–Crippen MR) is 83.6 cm³/mol. The molecule has 0 saturated carbocycles. The van der Waals surface area contributed by atoms with Gasteiger partial charge in [-0.25, -0.2) is 0 Å². The summed E-state index contributed by atoms with van der Waals surface area (Å²) in [5, 5.41) is 15.2. The Morgan fingerprint density at radius 1 is 1.17 bits per heavy atom. The Hall–Kier alpha value is -3.06. The summed E-state index contributed by atoms with van der Waals surface area (Å²) in [4.78, 5) is 34.8. The van der Waals surface area contributed by atoms with Crippen LogP contribution in [-0.2, 0) is 9.59 Å². The standard InChI is InChI=1S/C16H13ClN2O5/c17-12-6-2-1-5-11(12)15(22)19-13(8-10-4-3-7-24-10)16(23)18-9-14(20)21/h1-8H,9H2,(H,18,23)(H,19,22)(H,20,21)/p-1/b13-8+. The molecule has 0 fully saturated rings. The first kappa shape index (κ1) is 17.3. The highest BCUT2D eigenvalue weighted by Crippen LogP contribution is 2.15. The van der Waals surface area contributed by atoms with E-state index in [1.165, 1.54) is 24.5 Å². The molecule has 2 N–H and O–H groups in total. The normalized spacial score (nSPS) is 11.0. The third-order valence-electron chi connectivity index (χ3n) is 2.83. The first-order chi connectivity index (χ1) is 11.5. The fourth-order valence-corrected chi connectivity index (χ4v) is 1.98. The fourth-order valence-electron chi connectivity index (χ4n) is 1.76. The number of benzene rings is 1. The van der Waals surface area contributed by atoms with Crippen LogP contribution in [0.5, 0.6) is 0 Å². The largest absolute Gasteiger partial charge is 0.548 e. The van der Waals surface area contributed by atoms with Crippen LogP contribution in [-0.4, -0.2) is 24.3 Å². The smallest absolute Gasteiger partial charge is 0.268 e. The van der Waals surface area contributed by atoms with Crippen LogP contribution in [0.3, 0.4) is 0 Å². The highest BCUT2D eigenvalue weighted by molar-refractivity contribution is 6.34. The maximum absolute atomic E-state index is 12.3. The van der Waals surface area contributed by atoms with Gasteiger partial charge in [-0.2, -0.15) is 0 Å². The van der Waals surface area contributed by atoms with Gasteiger partial charge in [0.15, 0.2) is 0 Å². The number of nitrogens with one attached hydrogen (secondary N) is 2. The van der Waals surface area contributed by atoms with Crippen molar-refractivity contribution >= 4 is 35.5 Å². The summed E-state index contributed by atoms with van der Waals surface area (Å²) in [6.07, 6.45) is 2.65. The molecule has 0 atom stereocenters. The van der Waals surface area contributed by atoms with Gasteiger partial charge >= 0.3 is 0 Å². The Balaban J connectivity index is 2.23. The third-order valence-corrected chi connectivity index (χ3v) is 3.16. The number of carboxylic acid groups (broad SMARTS) is 1. The van der Waals surface area contributed by atoms with Gasteiger partial charge in [0.25, 0.3) is 11.8 Å². The second-order valence-electron chi connectivity index (χ2n) is 4.56. The summed E-state index contributed by atoms with van der Waals surface area (Å²) in [5.74, 6) is -2.59. The van der Waals surface area contributed by atoms with Crippen LogP contribution < -0.4 is 15.7 Å². The molecule has 2 aromatic rings. The lowest BCUT2D eigenvalue weighted by Gasteiger charge is -2.11. The Morgan fingerprint density at radius 3 is 2.54 bits per heavy atom. The molecule has 1 aromatic heterocycles. The SMILES string of the molecule is O=C([O-])CNC(=O)/C(=C\c1ccco1)NC(=O)c1ccccc1Cl. The monoisotopic (exact) mass is 347 g/mol. The topological polar surface area (TPSA) is 111 Å². The third kappa shape index (κ3) is 4.72. The molecule has 2 rings (SSSR count). The minimum atomic E-state index is -1.46. The molecule has 0 saturated heterocycles.